The first-order valence-electron chi connectivity index (χ1n) is 4.75. The molecule has 0 atom stereocenters. The van der Waals surface area contributed by atoms with E-state index in [1.165, 1.54) is 0 Å². The minimum Gasteiger partial charge on any atom is -0.326 e. The first kappa shape index (κ1) is 10.9. The van der Waals surface area contributed by atoms with Crippen LogP contribution in [0.5, 0.6) is 0 Å². The summed E-state index contributed by atoms with van der Waals surface area (Å²) in [7, 11) is 0. The minimum atomic E-state index is -0.250. The average molecular weight is 236 g/mol. The van der Waals surface area contributed by atoms with Crippen LogP contribution in [0.3, 0.4) is 0 Å². The first-order chi connectivity index (χ1) is 7.70. The third-order valence-corrected chi connectivity index (χ3v) is 2.49. The lowest BCUT2D eigenvalue weighted by Crippen LogP contribution is -2.17. The van der Waals surface area contributed by atoms with E-state index in [1.807, 2.05) is 12.1 Å². The van der Waals surface area contributed by atoms with E-state index in [-0.39, 0.29) is 12.1 Å². The van der Waals surface area contributed by atoms with Gasteiger partial charge in [0.2, 0.25) is 0 Å². The molecular formula is C11H10ClN3O. The molecular weight excluding hydrogens is 226 g/mol. The third kappa shape index (κ3) is 2.13. The van der Waals surface area contributed by atoms with E-state index < -0.39 is 0 Å². The Labute approximate surface area is 97.1 Å². The molecule has 1 heterocycles. The van der Waals surface area contributed by atoms with Gasteiger partial charge >= 0.3 is 0 Å². The Morgan fingerprint density at radius 1 is 1.31 bits per heavy atom. The van der Waals surface area contributed by atoms with Crippen molar-refractivity contribution in [2.45, 2.75) is 6.54 Å². The first-order valence-corrected chi connectivity index (χ1v) is 5.13. The van der Waals surface area contributed by atoms with E-state index in [0.29, 0.717) is 16.3 Å². The number of benzene rings is 1. The monoisotopic (exact) mass is 235 g/mol. The fourth-order valence-electron chi connectivity index (χ4n) is 1.37. The smallest absolute Gasteiger partial charge is 0.268 e. The maximum absolute atomic E-state index is 11.3. The summed E-state index contributed by atoms with van der Waals surface area (Å²) in [5, 5.41) is 7.02. The van der Waals surface area contributed by atoms with Crippen LogP contribution in [0.2, 0.25) is 5.02 Å². The van der Waals surface area contributed by atoms with Gasteiger partial charge in [-0.1, -0.05) is 23.7 Å². The fourth-order valence-corrected chi connectivity index (χ4v) is 1.49. The molecule has 16 heavy (non-hydrogen) atoms. The number of rotatable bonds is 2. The summed E-state index contributed by atoms with van der Waals surface area (Å²) in [6, 6.07) is 8.90. The Kier molecular flexibility index (Phi) is 3.03. The van der Waals surface area contributed by atoms with Crippen molar-refractivity contribution in [3.8, 4) is 11.3 Å². The zero-order valence-corrected chi connectivity index (χ0v) is 9.16. The molecule has 3 N–H and O–H groups in total. The third-order valence-electron chi connectivity index (χ3n) is 2.24. The molecule has 0 aliphatic carbocycles. The lowest BCUT2D eigenvalue weighted by atomic mass is 10.1. The molecule has 0 bridgehead atoms. The molecule has 0 fully saturated rings. The molecule has 1 aromatic carbocycles. The van der Waals surface area contributed by atoms with E-state index in [9.17, 15) is 4.79 Å². The number of hydrogen-bond donors (Lipinski definition) is 2. The van der Waals surface area contributed by atoms with Crippen LogP contribution >= 0.6 is 11.6 Å². The molecule has 0 saturated carbocycles. The molecule has 0 amide bonds. The highest BCUT2D eigenvalue weighted by Gasteiger charge is 2.03. The number of aromatic nitrogens is 2. The largest absolute Gasteiger partial charge is 0.326 e. The molecule has 1 aromatic heterocycles. The molecule has 0 aliphatic heterocycles. The van der Waals surface area contributed by atoms with Gasteiger partial charge in [-0.2, -0.15) is 5.10 Å². The summed E-state index contributed by atoms with van der Waals surface area (Å²) in [5.41, 5.74) is 7.28. The van der Waals surface area contributed by atoms with Gasteiger partial charge in [-0.3, -0.25) is 4.79 Å². The summed E-state index contributed by atoms with van der Waals surface area (Å²) in [5.74, 6) is 0. The molecule has 0 spiro atoms. The van der Waals surface area contributed by atoms with E-state index in [4.69, 9.17) is 17.3 Å². The van der Waals surface area contributed by atoms with Crippen LogP contribution in [0.25, 0.3) is 11.3 Å². The zero-order chi connectivity index (χ0) is 11.5. The van der Waals surface area contributed by atoms with E-state index in [0.717, 1.165) is 5.56 Å². The van der Waals surface area contributed by atoms with Crippen LogP contribution < -0.4 is 11.3 Å². The SMILES string of the molecule is NCc1cc(-c2ccc(Cl)cc2)n[nH]c1=O. The number of H-pyrrole nitrogens is 1. The second-order valence-corrected chi connectivity index (χ2v) is 3.76. The Balaban J connectivity index is 2.48. The van der Waals surface area contributed by atoms with Crippen LogP contribution in [0.15, 0.2) is 35.1 Å². The molecule has 0 unspecified atom stereocenters. The van der Waals surface area contributed by atoms with Crippen molar-refractivity contribution in [1.29, 1.82) is 0 Å². The van der Waals surface area contributed by atoms with Crippen LogP contribution in [-0.4, -0.2) is 10.2 Å². The predicted octanol–water partition coefficient (Wildman–Crippen LogP) is 1.55. The van der Waals surface area contributed by atoms with Crippen LogP contribution in [0.1, 0.15) is 5.56 Å². The normalized spacial score (nSPS) is 10.4. The van der Waals surface area contributed by atoms with Gasteiger partial charge in [-0.05, 0) is 18.2 Å². The van der Waals surface area contributed by atoms with Crippen molar-refractivity contribution in [2.24, 2.45) is 5.73 Å². The van der Waals surface area contributed by atoms with Crippen molar-refractivity contribution in [1.82, 2.24) is 10.2 Å². The van der Waals surface area contributed by atoms with Gasteiger partial charge in [0.25, 0.3) is 5.56 Å². The molecule has 82 valence electrons. The van der Waals surface area contributed by atoms with Crippen LogP contribution in [0, 0.1) is 0 Å². The lowest BCUT2D eigenvalue weighted by molar-refractivity contribution is 0.930. The Morgan fingerprint density at radius 3 is 2.62 bits per heavy atom. The van der Waals surface area contributed by atoms with Crippen molar-refractivity contribution >= 4 is 11.6 Å². The highest BCUT2D eigenvalue weighted by atomic mass is 35.5. The van der Waals surface area contributed by atoms with E-state index >= 15 is 0 Å². The standard InChI is InChI=1S/C11H10ClN3O/c12-9-3-1-7(2-4-9)10-5-8(6-13)11(16)15-14-10/h1-5H,6,13H2,(H,15,16). The number of nitrogens with one attached hydrogen (secondary N) is 1. The molecule has 2 rings (SSSR count). The van der Waals surface area contributed by atoms with Gasteiger partial charge in [0.05, 0.1) is 5.69 Å². The highest BCUT2D eigenvalue weighted by Crippen LogP contribution is 2.18. The van der Waals surface area contributed by atoms with Gasteiger partial charge in [-0.25, -0.2) is 5.10 Å². The topological polar surface area (TPSA) is 71.8 Å². The summed E-state index contributed by atoms with van der Waals surface area (Å²) >= 11 is 5.78. The second-order valence-electron chi connectivity index (χ2n) is 3.32. The molecule has 0 radical (unpaired) electrons. The van der Waals surface area contributed by atoms with Crippen LogP contribution in [0.4, 0.5) is 0 Å². The second kappa shape index (κ2) is 4.47. The molecule has 2 aromatic rings. The van der Waals surface area contributed by atoms with Crippen molar-refractivity contribution < 1.29 is 0 Å². The minimum absolute atomic E-state index is 0.193. The Hall–Kier alpha value is -1.65. The number of nitrogens with two attached hydrogens (primary N) is 1. The van der Waals surface area contributed by atoms with Crippen molar-refractivity contribution in [3.63, 3.8) is 0 Å². The maximum atomic E-state index is 11.3. The average Bonchev–Trinajstić information content (AvgIpc) is 2.31. The quantitative estimate of drug-likeness (QED) is 0.830. The fraction of sp³-hybridized carbons (Fsp3) is 0.0909. The summed E-state index contributed by atoms with van der Waals surface area (Å²) < 4.78 is 0. The van der Waals surface area contributed by atoms with Gasteiger partial charge in [0.1, 0.15) is 0 Å². The van der Waals surface area contributed by atoms with Gasteiger partial charge < -0.3 is 5.73 Å². The molecule has 0 saturated heterocycles. The maximum Gasteiger partial charge on any atom is 0.268 e. The highest BCUT2D eigenvalue weighted by molar-refractivity contribution is 6.30. The zero-order valence-electron chi connectivity index (χ0n) is 8.40. The Bertz CT molecular complexity index is 548. The molecule has 4 nitrogen and oxygen atoms in total. The number of nitrogens with zero attached hydrogens (tertiary/aromatic N) is 1. The summed E-state index contributed by atoms with van der Waals surface area (Å²) in [4.78, 5) is 11.3. The van der Waals surface area contributed by atoms with E-state index in [2.05, 4.69) is 10.2 Å². The number of aromatic amines is 1. The Morgan fingerprint density at radius 2 is 2.00 bits per heavy atom. The van der Waals surface area contributed by atoms with Gasteiger partial charge in [0.15, 0.2) is 0 Å². The summed E-state index contributed by atoms with van der Waals surface area (Å²) in [6.07, 6.45) is 0. The summed E-state index contributed by atoms with van der Waals surface area (Å²) in [6.45, 7) is 0.193. The van der Waals surface area contributed by atoms with Gasteiger partial charge in [0, 0.05) is 22.7 Å². The van der Waals surface area contributed by atoms with Crippen molar-refractivity contribution in [2.75, 3.05) is 0 Å². The van der Waals surface area contributed by atoms with E-state index in [1.54, 1.807) is 18.2 Å². The van der Waals surface area contributed by atoms with Crippen molar-refractivity contribution in [3.05, 3.63) is 51.3 Å². The van der Waals surface area contributed by atoms with Crippen LogP contribution in [-0.2, 0) is 6.54 Å². The molecule has 0 aliphatic rings. The number of hydrogen-bond acceptors (Lipinski definition) is 3. The molecule has 5 heteroatoms. The van der Waals surface area contributed by atoms with Gasteiger partial charge in [-0.15, -0.1) is 0 Å². The predicted molar refractivity (Wildman–Crippen MR) is 63.2 cm³/mol. The lowest BCUT2D eigenvalue weighted by Gasteiger charge is -2.02. The number of halogens is 1.